The highest BCUT2D eigenvalue weighted by Crippen LogP contribution is 2.28. The van der Waals surface area contributed by atoms with Gasteiger partial charge in [-0.2, -0.15) is 0 Å². The third-order valence-corrected chi connectivity index (χ3v) is 6.34. The summed E-state index contributed by atoms with van der Waals surface area (Å²) in [5, 5.41) is 0. The number of rotatable bonds is 10. The first-order valence-electron chi connectivity index (χ1n) is 12.0. The minimum absolute atomic E-state index is 0.118. The summed E-state index contributed by atoms with van der Waals surface area (Å²) in [4.78, 5) is 19.5. The summed E-state index contributed by atoms with van der Waals surface area (Å²) in [6, 6.07) is 13.6. The van der Waals surface area contributed by atoms with Crippen molar-refractivity contribution in [2.24, 2.45) is 0 Å². The smallest absolute Gasteiger partial charge is 0.165 e. The Morgan fingerprint density at radius 3 is 2.30 bits per heavy atom. The minimum Gasteiger partial charge on any atom is -0.495 e. The van der Waals surface area contributed by atoms with Crippen LogP contribution in [0.25, 0.3) is 0 Å². The van der Waals surface area contributed by atoms with Gasteiger partial charge < -0.3 is 14.5 Å². The summed E-state index contributed by atoms with van der Waals surface area (Å²) < 4.78 is 20.2. The van der Waals surface area contributed by atoms with Gasteiger partial charge in [-0.3, -0.25) is 9.69 Å². The van der Waals surface area contributed by atoms with Crippen LogP contribution < -0.4 is 14.5 Å². The molecule has 0 radical (unpaired) electrons. The van der Waals surface area contributed by atoms with E-state index in [1.54, 1.807) is 13.2 Å². The maximum atomic E-state index is 14.8. The zero-order chi connectivity index (χ0) is 24.0. The molecule has 1 fully saturated rings. The maximum Gasteiger partial charge on any atom is 0.165 e. The van der Waals surface area contributed by atoms with Crippen LogP contribution in [0.1, 0.15) is 50.9 Å². The van der Waals surface area contributed by atoms with Gasteiger partial charge >= 0.3 is 0 Å². The lowest BCUT2D eigenvalue weighted by Gasteiger charge is -2.36. The predicted molar refractivity (Wildman–Crippen MR) is 134 cm³/mol. The number of benzene rings is 2. The number of hydrogen-bond acceptors (Lipinski definition) is 5. The van der Waals surface area contributed by atoms with Crippen molar-refractivity contribution >= 4 is 17.2 Å². The fraction of sp³-hybridized carbons (Fsp3) is 0.519. The van der Waals surface area contributed by atoms with Crippen molar-refractivity contribution in [2.45, 2.75) is 52.6 Å². The SMILES string of the molecule is COc1ccccc1N1CCN(CCCC(=O)c2ccc(N(C(C)C)C(C)C)cc2F)CC1. The van der Waals surface area contributed by atoms with Gasteiger partial charge in [-0.25, -0.2) is 4.39 Å². The number of ether oxygens (including phenoxy) is 1. The second-order valence-electron chi connectivity index (χ2n) is 9.29. The van der Waals surface area contributed by atoms with Crippen LogP contribution in [0.2, 0.25) is 0 Å². The molecule has 3 rings (SSSR count). The number of methoxy groups -OCH3 is 1. The van der Waals surface area contributed by atoms with Crippen LogP contribution in [0.3, 0.4) is 0 Å². The molecule has 2 aromatic carbocycles. The molecule has 2 aromatic rings. The summed E-state index contributed by atoms with van der Waals surface area (Å²) in [5.74, 6) is 0.357. The van der Waals surface area contributed by atoms with Gasteiger partial charge in [0.05, 0.1) is 18.4 Å². The maximum absolute atomic E-state index is 14.8. The van der Waals surface area contributed by atoms with Crippen LogP contribution in [0.4, 0.5) is 15.8 Å². The Morgan fingerprint density at radius 1 is 1.03 bits per heavy atom. The van der Waals surface area contributed by atoms with Crippen molar-refractivity contribution in [1.82, 2.24) is 4.90 Å². The van der Waals surface area contributed by atoms with Crippen LogP contribution in [-0.2, 0) is 0 Å². The zero-order valence-corrected chi connectivity index (χ0v) is 20.7. The molecule has 1 aliphatic rings. The lowest BCUT2D eigenvalue weighted by atomic mass is 10.0. The Morgan fingerprint density at radius 2 is 1.70 bits per heavy atom. The zero-order valence-electron chi connectivity index (χ0n) is 20.7. The quantitative estimate of drug-likeness (QED) is 0.458. The second-order valence-corrected chi connectivity index (χ2v) is 9.29. The molecular weight excluding hydrogens is 417 g/mol. The molecule has 1 heterocycles. The molecule has 0 aliphatic carbocycles. The standard InChI is InChI=1S/C27H38FN3O2/c1-20(2)31(21(3)4)22-12-13-23(24(28)19-22)26(32)10-8-14-29-15-17-30(18-16-29)25-9-6-7-11-27(25)33-5/h6-7,9,11-13,19-21H,8,10,14-18H2,1-5H3. The van der Waals surface area contributed by atoms with Gasteiger partial charge in [0, 0.05) is 50.4 Å². The summed E-state index contributed by atoms with van der Waals surface area (Å²) in [6.45, 7) is 12.9. The Balaban J connectivity index is 1.49. The lowest BCUT2D eigenvalue weighted by Crippen LogP contribution is -2.46. The number of Topliss-reactive ketones (excluding diaryl/α,β-unsaturated/α-hetero) is 1. The van der Waals surface area contributed by atoms with Crippen LogP contribution in [0, 0.1) is 5.82 Å². The summed E-state index contributed by atoms with van der Waals surface area (Å²) >= 11 is 0. The first kappa shape index (κ1) is 25.0. The van der Waals surface area contributed by atoms with Gasteiger partial charge in [-0.15, -0.1) is 0 Å². The molecule has 6 heteroatoms. The van der Waals surface area contributed by atoms with Gasteiger partial charge in [0.25, 0.3) is 0 Å². The number of carbonyl (C=O) groups excluding carboxylic acids is 1. The van der Waals surface area contributed by atoms with Gasteiger partial charge in [0.2, 0.25) is 0 Å². The van der Waals surface area contributed by atoms with Crippen molar-refractivity contribution in [3.63, 3.8) is 0 Å². The fourth-order valence-corrected chi connectivity index (χ4v) is 4.78. The number of carbonyl (C=O) groups is 1. The van der Waals surface area contributed by atoms with Gasteiger partial charge in [-0.1, -0.05) is 12.1 Å². The highest BCUT2D eigenvalue weighted by molar-refractivity contribution is 5.96. The molecule has 0 unspecified atom stereocenters. The van der Waals surface area contributed by atoms with Crippen molar-refractivity contribution in [1.29, 1.82) is 0 Å². The topological polar surface area (TPSA) is 36.0 Å². The average molecular weight is 456 g/mol. The largest absolute Gasteiger partial charge is 0.495 e. The number of nitrogens with zero attached hydrogens (tertiary/aromatic N) is 3. The van der Waals surface area contributed by atoms with E-state index in [9.17, 15) is 9.18 Å². The molecule has 0 spiro atoms. The molecule has 0 atom stereocenters. The van der Waals surface area contributed by atoms with Crippen molar-refractivity contribution in [3.8, 4) is 5.75 Å². The Hall–Kier alpha value is -2.60. The highest BCUT2D eigenvalue weighted by Gasteiger charge is 2.21. The monoisotopic (exact) mass is 455 g/mol. The molecule has 0 saturated carbocycles. The fourth-order valence-electron chi connectivity index (χ4n) is 4.78. The minimum atomic E-state index is -0.422. The molecule has 1 saturated heterocycles. The van der Waals surface area contributed by atoms with E-state index in [0.29, 0.717) is 6.42 Å². The van der Waals surface area contributed by atoms with E-state index in [4.69, 9.17) is 4.74 Å². The van der Waals surface area contributed by atoms with Crippen molar-refractivity contribution < 1.29 is 13.9 Å². The van der Waals surface area contributed by atoms with Crippen molar-refractivity contribution in [3.05, 3.63) is 53.8 Å². The van der Waals surface area contributed by atoms with E-state index < -0.39 is 5.82 Å². The molecule has 5 nitrogen and oxygen atoms in total. The lowest BCUT2D eigenvalue weighted by molar-refractivity contribution is 0.0970. The molecule has 0 aromatic heterocycles. The van der Waals surface area contributed by atoms with Crippen LogP contribution in [-0.4, -0.2) is 62.6 Å². The normalized spacial score (nSPS) is 14.7. The molecule has 0 amide bonds. The molecule has 180 valence electrons. The van der Waals surface area contributed by atoms with E-state index >= 15 is 0 Å². The second kappa shape index (κ2) is 11.5. The summed E-state index contributed by atoms with van der Waals surface area (Å²) in [6.07, 6.45) is 1.10. The molecule has 0 bridgehead atoms. The van der Waals surface area contributed by atoms with Gasteiger partial charge in [0.1, 0.15) is 11.6 Å². The number of para-hydroxylation sites is 2. The molecule has 33 heavy (non-hydrogen) atoms. The van der Waals surface area contributed by atoms with Crippen LogP contribution >= 0.6 is 0 Å². The third kappa shape index (κ3) is 6.26. The number of piperazine rings is 1. The summed E-state index contributed by atoms with van der Waals surface area (Å²) in [7, 11) is 1.70. The molecular formula is C27H38FN3O2. The molecule has 0 N–H and O–H groups in total. The summed E-state index contributed by atoms with van der Waals surface area (Å²) in [5.41, 5.74) is 2.15. The van der Waals surface area contributed by atoms with Gasteiger partial charge in [0.15, 0.2) is 5.78 Å². The number of anilines is 2. The van der Waals surface area contributed by atoms with E-state index in [1.807, 2.05) is 24.3 Å². The Bertz CT molecular complexity index is 915. The highest BCUT2D eigenvalue weighted by atomic mass is 19.1. The first-order chi connectivity index (χ1) is 15.8. The van der Waals surface area contributed by atoms with E-state index in [-0.39, 0.29) is 23.4 Å². The number of halogens is 1. The van der Waals surface area contributed by atoms with Crippen LogP contribution in [0.5, 0.6) is 5.75 Å². The number of ketones is 1. The van der Waals surface area contributed by atoms with Crippen molar-refractivity contribution in [2.75, 3.05) is 49.6 Å². The first-order valence-corrected chi connectivity index (χ1v) is 12.0. The van der Waals surface area contributed by atoms with E-state index in [0.717, 1.165) is 56.3 Å². The van der Waals surface area contributed by atoms with Crippen LogP contribution in [0.15, 0.2) is 42.5 Å². The number of hydrogen-bond donors (Lipinski definition) is 0. The van der Waals surface area contributed by atoms with E-state index in [1.165, 1.54) is 6.07 Å². The Kier molecular flexibility index (Phi) is 8.73. The third-order valence-electron chi connectivity index (χ3n) is 6.34. The van der Waals surface area contributed by atoms with Gasteiger partial charge in [-0.05, 0) is 71.0 Å². The van der Waals surface area contributed by atoms with E-state index in [2.05, 4.69) is 48.5 Å². The Labute approximate surface area is 198 Å². The average Bonchev–Trinajstić information content (AvgIpc) is 2.79. The molecule has 1 aliphatic heterocycles. The predicted octanol–water partition coefficient (Wildman–Crippen LogP) is 5.24.